The highest BCUT2D eigenvalue weighted by molar-refractivity contribution is 6.39. The monoisotopic (exact) mass is 280 g/mol. The van der Waals surface area contributed by atoms with E-state index in [0.717, 1.165) is 0 Å². The molecule has 0 bridgehead atoms. The zero-order chi connectivity index (χ0) is 15.2. The number of aliphatic hydroxyl groups is 1. The summed E-state index contributed by atoms with van der Waals surface area (Å²) in [6, 6.07) is 6.85. The van der Waals surface area contributed by atoms with Gasteiger partial charge in [-0.25, -0.2) is 0 Å². The molecule has 0 fully saturated rings. The highest BCUT2D eigenvalue weighted by atomic mass is 16.5. The quantitative estimate of drug-likeness (QED) is 0.700. The first kappa shape index (κ1) is 16.0. The highest BCUT2D eigenvalue weighted by Gasteiger charge is 2.24. The third-order valence-electron chi connectivity index (χ3n) is 2.49. The first-order valence-electron chi connectivity index (χ1n) is 6.36. The van der Waals surface area contributed by atoms with Crippen molar-refractivity contribution in [3.8, 4) is 5.75 Å². The smallest absolute Gasteiger partial charge is 0.313 e. The topological polar surface area (TPSA) is 87.7 Å². The second-order valence-corrected chi connectivity index (χ2v) is 4.88. The van der Waals surface area contributed by atoms with Crippen molar-refractivity contribution in [2.75, 3.05) is 18.5 Å². The van der Waals surface area contributed by atoms with Gasteiger partial charge in [0.05, 0.1) is 24.4 Å². The third kappa shape index (κ3) is 4.55. The zero-order valence-corrected chi connectivity index (χ0v) is 11.9. The van der Waals surface area contributed by atoms with Gasteiger partial charge in [0.25, 0.3) is 0 Å². The number of benzene rings is 1. The number of anilines is 1. The summed E-state index contributed by atoms with van der Waals surface area (Å²) in [6.07, 6.45) is 0. The van der Waals surface area contributed by atoms with Gasteiger partial charge in [-0.2, -0.15) is 0 Å². The molecular weight excluding hydrogens is 260 g/mol. The summed E-state index contributed by atoms with van der Waals surface area (Å²) in [4.78, 5) is 23.5. The molecule has 0 aliphatic carbocycles. The molecule has 0 saturated carbocycles. The first-order valence-corrected chi connectivity index (χ1v) is 6.36. The molecule has 0 heterocycles. The van der Waals surface area contributed by atoms with Crippen LogP contribution < -0.4 is 15.4 Å². The van der Waals surface area contributed by atoms with E-state index in [0.29, 0.717) is 18.0 Å². The van der Waals surface area contributed by atoms with Crippen LogP contribution in [0, 0.1) is 0 Å². The number of ether oxygens (including phenoxy) is 1. The van der Waals surface area contributed by atoms with Crippen molar-refractivity contribution >= 4 is 17.5 Å². The summed E-state index contributed by atoms with van der Waals surface area (Å²) in [5.41, 5.74) is -0.426. The van der Waals surface area contributed by atoms with Gasteiger partial charge in [0.15, 0.2) is 0 Å². The molecule has 0 aromatic heterocycles. The highest BCUT2D eigenvalue weighted by Crippen LogP contribution is 2.23. The summed E-state index contributed by atoms with van der Waals surface area (Å²) in [6.45, 7) is 5.26. The van der Waals surface area contributed by atoms with E-state index in [-0.39, 0.29) is 6.61 Å². The molecule has 0 unspecified atom stereocenters. The molecule has 0 saturated heterocycles. The lowest BCUT2D eigenvalue weighted by Crippen LogP contribution is -2.50. The average molecular weight is 280 g/mol. The second-order valence-electron chi connectivity index (χ2n) is 4.88. The maximum absolute atomic E-state index is 11.8. The Balaban J connectivity index is 2.73. The normalized spacial score (nSPS) is 10.8. The number of carbonyl (C=O) groups is 2. The minimum absolute atomic E-state index is 0.262. The number of hydrogen-bond donors (Lipinski definition) is 3. The number of para-hydroxylation sites is 2. The van der Waals surface area contributed by atoms with E-state index in [4.69, 9.17) is 9.84 Å². The van der Waals surface area contributed by atoms with Gasteiger partial charge in [0, 0.05) is 0 Å². The molecular formula is C14H20N2O4. The molecule has 0 aliphatic rings. The number of hydrogen-bond acceptors (Lipinski definition) is 4. The standard InChI is InChI=1S/C14H20N2O4/c1-4-20-11-8-6-5-7-10(11)15-12(18)13(19)16-14(2,3)9-17/h5-8,17H,4,9H2,1-3H3,(H,15,18)(H,16,19). The SMILES string of the molecule is CCOc1ccccc1NC(=O)C(=O)NC(C)(C)CO. The van der Waals surface area contributed by atoms with Gasteiger partial charge in [0.1, 0.15) is 5.75 Å². The summed E-state index contributed by atoms with van der Waals surface area (Å²) in [5.74, 6) is -1.12. The average Bonchev–Trinajstić information content (AvgIpc) is 2.40. The predicted octanol–water partition coefficient (Wildman–Crippen LogP) is 0.911. The van der Waals surface area contributed by atoms with Crippen LogP contribution in [0.5, 0.6) is 5.75 Å². The summed E-state index contributed by atoms with van der Waals surface area (Å²) >= 11 is 0. The van der Waals surface area contributed by atoms with Crippen molar-refractivity contribution < 1.29 is 19.4 Å². The fraction of sp³-hybridized carbons (Fsp3) is 0.429. The molecule has 0 radical (unpaired) electrons. The van der Waals surface area contributed by atoms with Gasteiger partial charge in [-0.15, -0.1) is 0 Å². The van der Waals surface area contributed by atoms with Crippen molar-refractivity contribution in [3.05, 3.63) is 24.3 Å². The van der Waals surface area contributed by atoms with Gasteiger partial charge in [-0.3, -0.25) is 9.59 Å². The summed E-state index contributed by atoms with van der Waals surface area (Å²) < 4.78 is 5.35. The first-order chi connectivity index (χ1) is 9.39. The molecule has 0 aliphatic heterocycles. The van der Waals surface area contributed by atoms with Crippen LogP contribution in [0.3, 0.4) is 0 Å². The lowest BCUT2D eigenvalue weighted by atomic mass is 10.1. The Labute approximate surface area is 118 Å². The number of carbonyl (C=O) groups excluding carboxylic acids is 2. The predicted molar refractivity (Wildman–Crippen MR) is 75.5 cm³/mol. The van der Waals surface area contributed by atoms with E-state index in [1.165, 1.54) is 0 Å². The van der Waals surface area contributed by atoms with E-state index in [1.54, 1.807) is 38.1 Å². The van der Waals surface area contributed by atoms with Crippen LogP contribution >= 0.6 is 0 Å². The lowest BCUT2D eigenvalue weighted by Gasteiger charge is -2.23. The number of nitrogens with one attached hydrogen (secondary N) is 2. The molecule has 110 valence electrons. The molecule has 1 aromatic carbocycles. The van der Waals surface area contributed by atoms with Gasteiger partial charge < -0.3 is 20.5 Å². The lowest BCUT2D eigenvalue weighted by molar-refractivity contribution is -0.137. The number of amides is 2. The van der Waals surface area contributed by atoms with Crippen LogP contribution in [-0.2, 0) is 9.59 Å². The number of aliphatic hydroxyl groups excluding tert-OH is 1. The molecule has 6 heteroatoms. The summed E-state index contributed by atoms with van der Waals surface area (Å²) in [5, 5.41) is 14.0. The Morgan fingerprint density at radius 1 is 1.25 bits per heavy atom. The van der Waals surface area contributed by atoms with Crippen LogP contribution in [-0.4, -0.2) is 35.7 Å². The van der Waals surface area contributed by atoms with E-state index in [9.17, 15) is 9.59 Å². The maximum atomic E-state index is 11.8. The van der Waals surface area contributed by atoms with Crippen molar-refractivity contribution in [3.63, 3.8) is 0 Å². The van der Waals surface area contributed by atoms with Crippen molar-refractivity contribution in [1.29, 1.82) is 0 Å². The van der Waals surface area contributed by atoms with Crippen molar-refractivity contribution in [2.24, 2.45) is 0 Å². The van der Waals surface area contributed by atoms with Crippen molar-refractivity contribution in [1.82, 2.24) is 5.32 Å². The van der Waals surface area contributed by atoms with Crippen molar-refractivity contribution in [2.45, 2.75) is 26.3 Å². The number of rotatable bonds is 5. The molecule has 1 aromatic rings. The molecule has 20 heavy (non-hydrogen) atoms. The van der Waals surface area contributed by atoms with Gasteiger partial charge >= 0.3 is 11.8 Å². The molecule has 2 amide bonds. The molecule has 0 spiro atoms. The van der Waals surface area contributed by atoms with Gasteiger partial charge in [-0.05, 0) is 32.9 Å². The van der Waals surface area contributed by atoms with Crippen LogP contribution in [0.2, 0.25) is 0 Å². The Bertz CT molecular complexity index is 486. The van der Waals surface area contributed by atoms with E-state index in [1.807, 2.05) is 6.92 Å². The Kier molecular flexibility index (Phi) is 5.52. The van der Waals surface area contributed by atoms with E-state index in [2.05, 4.69) is 10.6 Å². The fourth-order valence-electron chi connectivity index (χ4n) is 1.43. The summed E-state index contributed by atoms with van der Waals surface area (Å²) in [7, 11) is 0. The largest absolute Gasteiger partial charge is 0.492 e. The molecule has 6 nitrogen and oxygen atoms in total. The Hall–Kier alpha value is -2.08. The zero-order valence-electron chi connectivity index (χ0n) is 11.9. The molecule has 1 rings (SSSR count). The van der Waals surface area contributed by atoms with Crippen LogP contribution in [0.25, 0.3) is 0 Å². The van der Waals surface area contributed by atoms with E-state index < -0.39 is 17.4 Å². The third-order valence-corrected chi connectivity index (χ3v) is 2.49. The fourth-order valence-corrected chi connectivity index (χ4v) is 1.43. The van der Waals surface area contributed by atoms with Gasteiger partial charge in [-0.1, -0.05) is 12.1 Å². The Morgan fingerprint density at radius 3 is 2.50 bits per heavy atom. The second kappa shape index (κ2) is 6.91. The minimum Gasteiger partial charge on any atom is -0.492 e. The molecule has 0 atom stereocenters. The minimum atomic E-state index is -0.853. The van der Waals surface area contributed by atoms with Gasteiger partial charge in [0.2, 0.25) is 0 Å². The van der Waals surface area contributed by atoms with Crippen LogP contribution in [0.1, 0.15) is 20.8 Å². The van der Waals surface area contributed by atoms with Crippen LogP contribution in [0.15, 0.2) is 24.3 Å². The molecule has 3 N–H and O–H groups in total. The van der Waals surface area contributed by atoms with Crippen LogP contribution in [0.4, 0.5) is 5.69 Å². The van der Waals surface area contributed by atoms with E-state index >= 15 is 0 Å². The maximum Gasteiger partial charge on any atom is 0.313 e. The Morgan fingerprint density at radius 2 is 1.90 bits per heavy atom.